The summed E-state index contributed by atoms with van der Waals surface area (Å²) in [5.41, 5.74) is 0.0757. The van der Waals surface area contributed by atoms with Gasteiger partial charge in [-0.15, -0.1) is 0 Å². The summed E-state index contributed by atoms with van der Waals surface area (Å²) in [6, 6.07) is 7.88. The zero-order valence-electron chi connectivity index (χ0n) is 14.2. The fourth-order valence-corrected chi connectivity index (χ4v) is 2.48. The van der Waals surface area contributed by atoms with Gasteiger partial charge >= 0.3 is 7.12 Å². The lowest BCUT2D eigenvalue weighted by Gasteiger charge is -2.38. The van der Waals surface area contributed by atoms with E-state index in [0.29, 0.717) is 5.46 Å². The van der Waals surface area contributed by atoms with Crippen LogP contribution in [0.3, 0.4) is 0 Å². The first kappa shape index (κ1) is 17.5. The number of rotatable bonds is 6. The third-order valence-corrected chi connectivity index (χ3v) is 4.75. The molecule has 2 rings (SSSR count). The van der Waals surface area contributed by atoms with Crippen LogP contribution in [0.4, 0.5) is 0 Å². The molecular weight excluding hydrogens is 277 g/mol. The van der Waals surface area contributed by atoms with Crippen LogP contribution in [0, 0.1) is 0 Å². The normalized spacial score (nSPS) is 17.0. The molecule has 0 saturated carbocycles. The predicted octanol–water partition coefficient (Wildman–Crippen LogP) is 1.54. The van der Waals surface area contributed by atoms with Crippen LogP contribution < -0.4 is 5.46 Å². The summed E-state index contributed by atoms with van der Waals surface area (Å²) in [5.74, 6) is 0. The number of benzene rings is 1. The summed E-state index contributed by atoms with van der Waals surface area (Å²) in [4.78, 5) is 2.44. The number of nitrogens with zero attached hydrogens (tertiary/aromatic N) is 1. The molecule has 0 unspecified atom stereocenters. The first-order chi connectivity index (χ1) is 10.2. The van der Waals surface area contributed by atoms with Gasteiger partial charge in [0.2, 0.25) is 0 Å². The molecule has 5 heteroatoms. The van der Waals surface area contributed by atoms with Crippen molar-refractivity contribution in [1.82, 2.24) is 4.90 Å². The maximum Gasteiger partial charge on any atom is 0.491 e. The van der Waals surface area contributed by atoms with Crippen LogP contribution in [-0.4, -0.2) is 46.4 Å². The quantitative estimate of drug-likeness (QED) is 0.783. The van der Waals surface area contributed by atoms with Crippen LogP contribution >= 0.6 is 0 Å². The smallest absolute Gasteiger partial charge is 0.423 e. The molecule has 1 aliphatic rings. The van der Waals surface area contributed by atoms with Gasteiger partial charge in [0.1, 0.15) is 0 Å². The summed E-state index contributed by atoms with van der Waals surface area (Å²) < 4.78 is 5.66. The molecule has 1 aliphatic heterocycles. The Morgan fingerprint density at radius 2 is 1.64 bits per heavy atom. The standard InChI is InChI=1S/C17H28BNO3/c1-16(2,20)17(3,4)22-18(21)15-9-7-14(8-10-15)13-19-11-5-6-12-19/h7-10,20-21H,5-6,11-13H2,1-4H3. The fourth-order valence-electron chi connectivity index (χ4n) is 2.48. The first-order valence-corrected chi connectivity index (χ1v) is 8.08. The van der Waals surface area contributed by atoms with Crippen LogP contribution in [0.15, 0.2) is 24.3 Å². The Hall–Kier alpha value is -0.875. The Morgan fingerprint density at radius 1 is 1.09 bits per heavy atom. The van der Waals surface area contributed by atoms with E-state index in [0.717, 1.165) is 6.54 Å². The van der Waals surface area contributed by atoms with Crippen molar-refractivity contribution in [3.63, 3.8) is 0 Å². The van der Waals surface area contributed by atoms with E-state index in [1.54, 1.807) is 27.7 Å². The van der Waals surface area contributed by atoms with E-state index >= 15 is 0 Å². The first-order valence-electron chi connectivity index (χ1n) is 8.08. The van der Waals surface area contributed by atoms with Crippen molar-refractivity contribution < 1.29 is 14.8 Å². The van der Waals surface area contributed by atoms with Gasteiger partial charge in [-0.2, -0.15) is 0 Å². The lowest BCUT2D eigenvalue weighted by Crippen LogP contribution is -2.53. The number of hydrogen-bond donors (Lipinski definition) is 2. The monoisotopic (exact) mass is 305 g/mol. The lowest BCUT2D eigenvalue weighted by atomic mass is 9.76. The maximum absolute atomic E-state index is 10.3. The highest BCUT2D eigenvalue weighted by Crippen LogP contribution is 2.25. The second-order valence-electron chi connectivity index (χ2n) is 7.26. The zero-order valence-corrected chi connectivity index (χ0v) is 14.2. The summed E-state index contributed by atoms with van der Waals surface area (Å²) in [5, 5.41) is 20.4. The molecule has 1 fully saturated rings. The van der Waals surface area contributed by atoms with Crippen molar-refractivity contribution in [2.24, 2.45) is 0 Å². The molecule has 0 radical (unpaired) electrons. The Morgan fingerprint density at radius 3 is 2.14 bits per heavy atom. The average molecular weight is 305 g/mol. The number of likely N-dealkylation sites (tertiary alicyclic amines) is 1. The van der Waals surface area contributed by atoms with Crippen LogP contribution in [-0.2, 0) is 11.2 Å². The van der Waals surface area contributed by atoms with Crippen molar-refractivity contribution in [2.75, 3.05) is 13.1 Å². The summed E-state index contributed by atoms with van der Waals surface area (Å²) in [7, 11) is -1.04. The SMILES string of the molecule is CC(C)(O)C(C)(C)OB(O)c1ccc(CN2CCCC2)cc1. The summed E-state index contributed by atoms with van der Waals surface area (Å²) >= 11 is 0. The number of aliphatic hydroxyl groups is 1. The van der Waals surface area contributed by atoms with Crippen molar-refractivity contribution in [2.45, 2.75) is 58.3 Å². The van der Waals surface area contributed by atoms with E-state index < -0.39 is 18.3 Å². The molecule has 1 aromatic rings. The van der Waals surface area contributed by atoms with Crippen molar-refractivity contribution in [3.8, 4) is 0 Å². The van der Waals surface area contributed by atoms with Gasteiger partial charge in [0.15, 0.2) is 0 Å². The lowest BCUT2D eigenvalue weighted by molar-refractivity contribution is -0.0982. The van der Waals surface area contributed by atoms with Gasteiger partial charge in [-0.1, -0.05) is 24.3 Å². The second kappa shape index (κ2) is 6.71. The summed E-state index contributed by atoms with van der Waals surface area (Å²) in [6.07, 6.45) is 2.58. The third kappa shape index (κ3) is 4.32. The van der Waals surface area contributed by atoms with Gasteiger partial charge in [-0.25, -0.2) is 0 Å². The highest BCUT2D eigenvalue weighted by atomic mass is 16.5. The van der Waals surface area contributed by atoms with Crippen LogP contribution in [0.1, 0.15) is 46.1 Å². The van der Waals surface area contributed by atoms with Gasteiger partial charge in [0, 0.05) is 6.54 Å². The topological polar surface area (TPSA) is 52.9 Å². The Labute approximate surface area is 134 Å². The van der Waals surface area contributed by atoms with E-state index in [-0.39, 0.29) is 0 Å². The fraction of sp³-hybridized carbons (Fsp3) is 0.647. The summed E-state index contributed by atoms with van der Waals surface area (Å²) in [6.45, 7) is 10.2. The van der Waals surface area contributed by atoms with Gasteiger partial charge < -0.3 is 14.8 Å². The van der Waals surface area contributed by atoms with Crippen molar-refractivity contribution >= 4 is 12.6 Å². The molecule has 0 aromatic heterocycles. The third-order valence-electron chi connectivity index (χ3n) is 4.75. The molecule has 4 nitrogen and oxygen atoms in total. The van der Waals surface area contributed by atoms with Crippen LogP contribution in [0.2, 0.25) is 0 Å². The van der Waals surface area contributed by atoms with E-state index in [1.807, 2.05) is 24.3 Å². The molecule has 1 heterocycles. The molecule has 1 saturated heterocycles. The molecule has 0 amide bonds. The van der Waals surface area contributed by atoms with E-state index in [1.165, 1.54) is 31.5 Å². The molecule has 1 aromatic carbocycles. The number of hydrogen-bond acceptors (Lipinski definition) is 4. The van der Waals surface area contributed by atoms with E-state index in [2.05, 4.69) is 4.90 Å². The maximum atomic E-state index is 10.3. The largest absolute Gasteiger partial charge is 0.491 e. The minimum atomic E-state index is -1.04. The predicted molar refractivity (Wildman–Crippen MR) is 90.0 cm³/mol. The molecule has 0 spiro atoms. The molecule has 22 heavy (non-hydrogen) atoms. The highest BCUT2D eigenvalue weighted by Gasteiger charge is 2.39. The molecule has 0 aliphatic carbocycles. The van der Waals surface area contributed by atoms with Gasteiger partial charge in [0.05, 0.1) is 11.2 Å². The van der Waals surface area contributed by atoms with Gasteiger partial charge in [-0.3, -0.25) is 4.90 Å². The second-order valence-corrected chi connectivity index (χ2v) is 7.26. The van der Waals surface area contributed by atoms with Crippen molar-refractivity contribution in [3.05, 3.63) is 29.8 Å². The molecule has 2 N–H and O–H groups in total. The minimum Gasteiger partial charge on any atom is -0.423 e. The molecule has 0 bridgehead atoms. The van der Waals surface area contributed by atoms with E-state index in [4.69, 9.17) is 4.65 Å². The zero-order chi connectivity index (χ0) is 16.4. The molecule has 0 atom stereocenters. The Balaban J connectivity index is 1.97. The molecular formula is C17H28BNO3. The minimum absolute atomic E-state index is 0.711. The average Bonchev–Trinajstić information content (AvgIpc) is 2.90. The Kier molecular flexibility index (Phi) is 5.33. The van der Waals surface area contributed by atoms with Gasteiger partial charge in [0.25, 0.3) is 0 Å². The van der Waals surface area contributed by atoms with Gasteiger partial charge in [-0.05, 0) is 64.7 Å². The van der Waals surface area contributed by atoms with Crippen LogP contribution in [0.5, 0.6) is 0 Å². The van der Waals surface area contributed by atoms with Crippen LogP contribution in [0.25, 0.3) is 0 Å². The Bertz CT molecular complexity index is 476. The molecule has 122 valence electrons. The van der Waals surface area contributed by atoms with Crippen molar-refractivity contribution in [1.29, 1.82) is 0 Å². The highest BCUT2D eigenvalue weighted by molar-refractivity contribution is 6.60. The van der Waals surface area contributed by atoms with E-state index in [9.17, 15) is 10.1 Å².